The Labute approximate surface area is 98.2 Å². The van der Waals surface area contributed by atoms with E-state index in [4.69, 9.17) is 24.1 Å². The minimum absolute atomic E-state index is 0.365. The second kappa shape index (κ2) is 4.87. The van der Waals surface area contributed by atoms with E-state index in [1.54, 1.807) is 0 Å². The maximum absolute atomic E-state index is 11.4. The molecule has 0 spiro atoms. The summed E-state index contributed by atoms with van der Waals surface area (Å²) >= 11 is 0. The van der Waals surface area contributed by atoms with Gasteiger partial charge < -0.3 is 29.2 Å². The van der Waals surface area contributed by atoms with Crippen LogP contribution in [0.15, 0.2) is 0 Å². The van der Waals surface area contributed by atoms with Crippen molar-refractivity contribution in [2.24, 2.45) is 0 Å². The highest BCUT2D eigenvalue weighted by atomic mass is 16.7. The van der Waals surface area contributed by atoms with E-state index in [1.807, 2.05) is 0 Å². The number of hydrogen-bond acceptors (Lipinski definition) is 7. The number of fused-ring (bicyclic) bond motifs is 1. The fourth-order valence-electron chi connectivity index (χ4n) is 2.03. The van der Waals surface area contributed by atoms with E-state index < -0.39 is 42.8 Å². The van der Waals surface area contributed by atoms with E-state index in [0.29, 0.717) is 0 Å². The number of ether oxygens (including phenoxy) is 4. The summed E-state index contributed by atoms with van der Waals surface area (Å²) in [5.41, 5.74) is 0. The van der Waals surface area contributed by atoms with Gasteiger partial charge in [0.2, 0.25) is 0 Å². The first kappa shape index (κ1) is 12.7. The molecule has 2 rings (SSSR count). The molecule has 0 radical (unpaired) electrons. The molecule has 0 bridgehead atoms. The van der Waals surface area contributed by atoms with Crippen molar-refractivity contribution < 1.29 is 34.0 Å². The van der Waals surface area contributed by atoms with E-state index >= 15 is 0 Å². The quantitative estimate of drug-likeness (QED) is 0.569. The van der Waals surface area contributed by atoms with Gasteiger partial charge >= 0.3 is 5.97 Å². The normalized spacial score (nSPS) is 46.2. The molecule has 0 unspecified atom stereocenters. The van der Waals surface area contributed by atoms with Crippen LogP contribution in [0.3, 0.4) is 0 Å². The van der Waals surface area contributed by atoms with Gasteiger partial charge in [-0.2, -0.15) is 0 Å². The molecule has 7 heteroatoms. The molecule has 98 valence electrons. The second-order valence-corrected chi connectivity index (χ2v) is 4.10. The molecule has 0 aromatic rings. The van der Waals surface area contributed by atoms with Crippen LogP contribution in [0.5, 0.6) is 0 Å². The minimum atomic E-state index is -1.06. The Morgan fingerprint density at radius 1 is 1.35 bits per heavy atom. The Balaban J connectivity index is 2.18. The van der Waals surface area contributed by atoms with Crippen molar-refractivity contribution in [3.63, 3.8) is 0 Å². The summed E-state index contributed by atoms with van der Waals surface area (Å²) in [5.74, 6) is -0.522. The number of hydrogen-bond donors (Lipinski definition) is 2. The van der Waals surface area contributed by atoms with Crippen LogP contribution in [-0.2, 0) is 23.7 Å². The SMILES string of the molecule is CO[C@H]1O[C@H](CO)[C@@H](O)[C@@H]2O[C@@H](C)C(=O)O[C@@H]12. The fourth-order valence-corrected chi connectivity index (χ4v) is 2.03. The first-order chi connectivity index (χ1) is 8.08. The van der Waals surface area contributed by atoms with Crippen molar-refractivity contribution in [2.75, 3.05) is 13.7 Å². The molecule has 0 aromatic carbocycles. The lowest BCUT2D eigenvalue weighted by Gasteiger charge is -2.46. The molecule has 2 fully saturated rings. The Kier molecular flexibility index (Phi) is 3.64. The Morgan fingerprint density at radius 3 is 2.65 bits per heavy atom. The minimum Gasteiger partial charge on any atom is -0.452 e. The number of aliphatic hydroxyl groups excluding tert-OH is 2. The predicted octanol–water partition coefficient (Wildman–Crippen LogP) is -1.59. The Morgan fingerprint density at radius 2 is 2.06 bits per heavy atom. The van der Waals surface area contributed by atoms with Crippen LogP contribution in [0.1, 0.15) is 6.92 Å². The first-order valence-corrected chi connectivity index (χ1v) is 5.41. The van der Waals surface area contributed by atoms with Crippen LogP contribution in [0, 0.1) is 0 Å². The summed E-state index contributed by atoms with van der Waals surface area (Å²) in [7, 11) is 1.39. The highest BCUT2D eigenvalue weighted by Crippen LogP contribution is 2.30. The lowest BCUT2D eigenvalue weighted by molar-refractivity contribution is -0.324. The van der Waals surface area contributed by atoms with Gasteiger partial charge in [-0.25, -0.2) is 4.79 Å². The van der Waals surface area contributed by atoms with Gasteiger partial charge in [0.05, 0.1) is 6.61 Å². The van der Waals surface area contributed by atoms with Gasteiger partial charge in [-0.3, -0.25) is 0 Å². The summed E-state index contributed by atoms with van der Waals surface area (Å²) in [6.07, 6.45) is -5.05. The third-order valence-corrected chi connectivity index (χ3v) is 2.98. The highest BCUT2D eigenvalue weighted by molar-refractivity contribution is 5.75. The van der Waals surface area contributed by atoms with Crippen molar-refractivity contribution in [1.82, 2.24) is 0 Å². The molecular formula is C10H16O7. The molecule has 0 amide bonds. The van der Waals surface area contributed by atoms with Gasteiger partial charge in [0.1, 0.15) is 18.3 Å². The van der Waals surface area contributed by atoms with Gasteiger partial charge in [0, 0.05) is 7.11 Å². The third-order valence-electron chi connectivity index (χ3n) is 2.98. The topological polar surface area (TPSA) is 94.5 Å². The van der Waals surface area contributed by atoms with Crippen LogP contribution < -0.4 is 0 Å². The monoisotopic (exact) mass is 248 g/mol. The molecule has 6 atom stereocenters. The lowest BCUT2D eigenvalue weighted by atomic mass is 9.97. The lowest BCUT2D eigenvalue weighted by Crippen LogP contribution is -2.64. The van der Waals surface area contributed by atoms with Crippen molar-refractivity contribution in [2.45, 2.75) is 43.7 Å². The van der Waals surface area contributed by atoms with E-state index in [0.717, 1.165) is 0 Å². The fraction of sp³-hybridized carbons (Fsp3) is 0.900. The van der Waals surface area contributed by atoms with Crippen molar-refractivity contribution in [1.29, 1.82) is 0 Å². The molecule has 2 N–H and O–H groups in total. The average molecular weight is 248 g/mol. The number of carbonyl (C=O) groups excluding carboxylic acids is 1. The van der Waals surface area contributed by atoms with Gasteiger partial charge in [-0.15, -0.1) is 0 Å². The number of rotatable bonds is 2. The van der Waals surface area contributed by atoms with Crippen molar-refractivity contribution in [3.8, 4) is 0 Å². The summed E-state index contributed by atoms with van der Waals surface area (Å²) in [6.45, 7) is 1.17. The molecule has 0 aromatic heterocycles. The van der Waals surface area contributed by atoms with E-state index in [-0.39, 0.29) is 6.61 Å². The zero-order valence-electron chi connectivity index (χ0n) is 9.61. The van der Waals surface area contributed by atoms with E-state index in [9.17, 15) is 9.90 Å². The molecule has 0 saturated carbocycles. The van der Waals surface area contributed by atoms with E-state index in [1.165, 1.54) is 14.0 Å². The van der Waals surface area contributed by atoms with Gasteiger partial charge in [0.15, 0.2) is 18.5 Å². The van der Waals surface area contributed by atoms with Gasteiger partial charge in [-0.05, 0) is 6.92 Å². The smallest absolute Gasteiger partial charge is 0.335 e. The zero-order valence-corrected chi connectivity index (χ0v) is 9.61. The van der Waals surface area contributed by atoms with Gasteiger partial charge in [0.25, 0.3) is 0 Å². The Hall–Kier alpha value is -0.730. The predicted molar refractivity (Wildman–Crippen MR) is 53.0 cm³/mol. The molecule has 2 aliphatic heterocycles. The van der Waals surface area contributed by atoms with Crippen LogP contribution >= 0.6 is 0 Å². The van der Waals surface area contributed by atoms with Crippen LogP contribution in [0.4, 0.5) is 0 Å². The second-order valence-electron chi connectivity index (χ2n) is 4.10. The molecule has 2 saturated heterocycles. The summed E-state index contributed by atoms with van der Waals surface area (Å²) in [5, 5.41) is 19.0. The highest BCUT2D eigenvalue weighted by Gasteiger charge is 2.52. The summed E-state index contributed by atoms with van der Waals surface area (Å²) in [4.78, 5) is 11.4. The largest absolute Gasteiger partial charge is 0.452 e. The number of methoxy groups -OCH3 is 1. The zero-order chi connectivity index (χ0) is 12.6. The van der Waals surface area contributed by atoms with Gasteiger partial charge in [-0.1, -0.05) is 0 Å². The summed E-state index contributed by atoms with van der Waals surface area (Å²) < 4.78 is 20.8. The third kappa shape index (κ3) is 2.16. The van der Waals surface area contributed by atoms with Crippen LogP contribution in [0.2, 0.25) is 0 Å². The summed E-state index contributed by atoms with van der Waals surface area (Å²) in [6, 6.07) is 0. The number of esters is 1. The molecule has 17 heavy (non-hydrogen) atoms. The average Bonchev–Trinajstić information content (AvgIpc) is 2.32. The molecule has 0 aliphatic carbocycles. The maximum atomic E-state index is 11.4. The van der Waals surface area contributed by atoms with Crippen molar-refractivity contribution in [3.05, 3.63) is 0 Å². The van der Waals surface area contributed by atoms with E-state index in [2.05, 4.69) is 0 Å². The van der Waals surface area contributed by atoms with Crippen LogP contribution in [0.25, 0.3) is 0 Å². The molecule has 2 aliphatic rings. The molecule has 2 heterocycles. The standard InChI is InChI=1S/C10H16O7/c1-4-9(13)17-8-7(15-4)6(12)5(3-11)16-10(8)14-2/h4-8,10-12H,3H2,1-2H3/t4-,5+,6+,7-,8+,10-/m0/s1. The Bertz CT molecular complexity index is 294. The van der Waals surface area contributed by atoms with Crippen molar-refractivity contribution >= 4 is 5.97 Å². The number of carbonyl (C=O) groups is 1. The first-order valence-electron chi connectivity index (χ1n) is 5.41. The number of aliphatic hydroxyl groups is 2. The molecule has 7 nitrogen and oxygen atoms in total. The molecular weight excluding hydrogens is 232 g/mol. The maximum Gasteiger partial charge on any atom is 0.335 e. The van der Waals surface area contributed by atoms with Crippen LogP contribution in [-0.4, -0.2) is 66.7 Å².